The van der Waals surface area contributed by atoms with Crippen LogP contribution >= 0.6 is 22.6 Å². The second-order valence-corrected chi connectivity index (χ2v) is 11.0. The minimum Gasteiger partial charge on any atom is -0.480 e. The summed E-state index contributed by atoms with van der Waals surface area (Å²) < 4.78 is 1.04. The maximum atomic E-state index is 13.3. The highest BCUT2D eigenvalue weighted by atomic mass is 127. The van der Waals surface area contributed by atoms with Gasteiger partial charge in [0.15, 0.2) is 0 Å². The molecule has 0 heterocycles. The number of unbranched alkanes of at least 4 members (excludes halogenated alkanes) is 1. The van der Waals surface area contributed by atoms with Crippen molar-refractivity contribution in [2.75, 3.05) is 6.54 Å². The zero-order valence-electron chi connectivity index (χ0n) is 22.4. The molecule has 9 nitrogen and oxygen atoms in total. The predicted molar refractivity (Wildman–Crippen MR) is 163 cm³/mol. The van der Waals surface area contributed by atoms with Gasteiger partial charge >= 0.3 is 5.97 Å². The third-order valence-corrected chi connectivity index (χ3v) is 7.21. The maximum absolute atomic E-state index is 13.3. The number of carboxylic acids is 1. The highest BCUT2D eigenvalue weighted by Crippen LogP contribution is 2.17. The van der Waals surface area contributed by atoms with E-state index in [1.807, 2.05) is 66.7 Å². The number of hydrogen-bond acceptors (Lipinski definition) is 5. The summed E-state index contributed by atoms with van der Waals surface area (Å²) in [5.41, 5.74) is 7.23. The number of carbonyl (C=O) groups excluding carboxylic acids is 3. The molecule has 0 fully saturated rings. The standard InChI is InChI=1S/C30H35IN4O5/c1-19(36)33-26(17-20-10-13-24(31)14-11-20)29(38)34-25(8-4-5-15-32)28(37)35-27(30(39)40)18-21-9-12-22-6-2-3-7-23(22)16-21/h2-3,6-7,9-14,16,25-27H,4-5,8,15,17-18,32H2,1H3,(H,33,36)(H,34,38)(H,35,37)(H,39,40)/t25-,26+,27-/m0/s1. The Morgan fingerprint density at radius 1 is 0.775 bits per heavy atom. The van der Waals surface area contributed by atoms with E-state index in [0.717, 1.165) is 25.5 Å². The van der Waals surface area contributed by atoms with Gasteiger partial charge in [-0.05, 0) is 82.4 Å². The summed E-state index contributed by atoms with van der Waals surface area (Å²) >= 11 is 2.18. The van der Waals surface area contributed by atoms with Gasteiger partial charge in [0, 0.05) is 23.3 Å². The number of hydrogen-bond donors (Lipinski definition) is 5. The van der Waals surface area contributed by atoms with Crippen molar-refractivity contribution in [2.24, 2.45) is 5.73 Å². The molecule has 0 radical (unpaired) electrons. The van der Waals surface area contributed by atoms with E-state index in [1.54, 1.807) is 0 Å². The average molecular weight is 659 g/mol. The van der Waals surface area contributed by atoms with Crippen LogP contribution in [0.1, 0.15) is 37.3 Å². The van der Waals surface area contributed by atoms with E-state index >= 15 is 0 Å². The predicted octanol–water partition coefficient (Wildman–Crippen LogP) is 2.92. The van der Waals surface area contributed by atoms with Gasteiger partial charge in [-0.15, -0.1) is 0 Å². The van der Waals surface area contributed by atoms with Gasteiger partial charge in [-0.2, -0.15) is 0 Å². The molecule has 0 saturated heterocycles. The van der Waals surface area contributed by atoms with Gasteiger partial charge in [0.05, 0.1) is 0 Å². The lowest BCUT2D eigenvalue weighted by atomic mass is 10.0. The van der Waals surface area contributed by atoms with Crippen molar-refractivity contribution < 1.29 is 24.3 Å². The Morgan fingerprint density at radius 2 is 1.38 bits per heavy atom. The van der Waals surface area contributed by atoms with Crippen LogP contribution in [0.5, 0.6) is 0 Å². The van der Waals surface area contributed by atoms with E-state index in [9.17, 15) is 24.3 Å². The van der Waals surface area contributed by atoms with E-state index in [4.69, 9.17) is 5.73 Å². The molecule has 0 aromatic heterocycles. The molecule has 3 atom stereocenters. The molecule has 3 aromatic rings. The first-order chi connectivity index (χ1) is 19.2. The molecule has 0 bridgehead atoms. The SMILES string of the molecule is CC(=O)N[C@H](Cc1ccc(I)cc1)C(=O)N[C@@H](CCCCN)C(=O)N[C@@H](Cc1ccc2ccccc2c1)C(=O)O. The summed E-state index contributed by atoms with van der Waals surface area (Å²) in [5.74, 6) is -2.68. The molecule has 40 heavy (non-hydrogen) atoms. The van der Waals surface area contributed by atoms with Gasteiger partial charge in [-0.1, -0.05) is 54.6 Å². The number of rotatable bonds is 14. The van der Waals surface area contributed by atoms with Gasteiger partial charge in [0.1, 0.15) is 18.1 Å². The van der Waals surface area contributed by atoms with Gasteiger partial charge in [-0.25, -0.2) is 4.79 Å². The number of carbonyl (C=O) groups is 4. The van der Waals surface area contributed by atoms with Crippen molar-refractivity contribution >= 4 is 57.1 Å². The maximum Gasteiger partial charge on any atom is 0.326 e. The number of fused-ring (bicyclic) bond motifs is 1. The molecule has 3 aromatic carbocycles. The molecule has 0 aliphatic rings. The van der Waals surface area contributed by atoms with Crippen molar-refractivity contribution in [3.05, 3.63) is 81.4 Å². The Balaban J connectivity index is 1.74. The largest absolute Gasteiger partial charge is 0.480 e. The lowest BCUT2D eigenvalue weighted by Crippen LogP contribution is -2.56. The van der Waals surface area contributed by atoms with E-state index in [-0.39, 0.29) is 25.2 Å². The smallest absolute Gasteiger partial charge is 0.326 e. The Kier molecular flexibility index (Phi) is 11.9. The van der Waals surface area contributed by atoms with Gasteiger partial charge in [0.2, 0.25) is 17.7 Å². The van der Waals surface area contributed by atoms with Crippen LogP contribution in [0.25, 0.3) is 10.8 Å². The summed E-state index contributed by atoms with van der Waals surface area (Å²) in [7, 11) is 0. The van der Waals surface area contributed by atoms with Crippen molar-refractivity contribution in [1.29, 1.82) is 0 Å². The fourth-order valence-electron chi connectivity index (χ4n) is 4.42. The second kappa shape index (κ2) is 15.3. The van der Waals surface area contributed by atoms with Crippen molar-refractivity contribution in [3.8, 4) is 0 Å². The summed E-state index contributed by atoms with van der Waals surface area (Å²) in [5, 5.41) is 19.9. The van der Waals surface area contributed by atoms with Crippen LogP contribution in [0.4, 0.5) is 0 Å². The second-order valence-electron chi connectivity index (χ2n) is 9.71. The Bertz CT molecular complexity index is 1330. The quantitative estimate of drug-likeness (QED) is 0.133. The van der Waals surface area contributed by atoms with Crippen LogP contribution in [0, 0.1) is 3.57 Å². The van der Waals surface area contributed by atoms with Gasteiger partial charge < -0.3 is 26.8 Å². The van der Waals surface area contributed by atoms with E-state index < -0.39 is 35.9 Å². The van der Waals surface area contributed by atoms with E-state index in [0.29, 0.717) is 19.4 Å². The molecular weight excluding hydrogens is 623 g/mol. The third kappa shape index (κ3) is 9.60. The Hall–Kier alpha value is -3.51. The zero-order valence-corrected chi connectivity index (χ0v) is 24.5. The minimum atomic E-state index is -1.19. The normalized spacial score (nSPS) is 13.2. The van der Waals surface area contributed by atoms with Crippen molar-refractivity contribution in [1.82, 2.24) is 16.0 Å². The van der Waals surface area contributed by atoms with Gasteiger partial charge in [0.25, 0.3) is 0 Å². The molecule has 3 amide bonds. The first-order valence-electron chi connectivity index (χ1n) is 13.2. The highest BCUT2D eigenvalue weighted by molar-refractivity contribution is 14.1. The molecule has 0 aliphatic carbocycles. The first-order valence-corrected chi connectivity index (χ1v) is 14.3. The van der Waals surface area contributed by atoms with Gasteiger partial charge in [-0.3, -0.25) is 14.4 Å². The number of nitrogens with two attached hydrogens (primary N) is 1. The number of benzene rings is 3. The Morgan fingerprint density at radius 3 is 2.02 bits per heavy atom. The van der Waals surface area contributed by atoms with E-state index in [2.05, 4.69) is 38.5 Å². The molecule has 0 spiro atoms. The summed E-state index contributed by atoms with van der Waals surface area (Å²) in [6.07, 6.45) is 1.78. The molecule has 3 rings (SSSR count). The van der Waals surface area contributed by atoms with Crippen LogP contribution in [0.3, 0.4) is 0 Å². The third-order valence-electron chi connectivity index (χ3n) is 6.50. The lowest BCUT2D eigenvalue weighted by molar-refractivity contribution is -0.142. The fourth-order valence-corrected chi connectivity index (χ4v) is 4.78. The average Bonchev–Trinajstić information content (AvgIpc) is 2.92. The molecule has 212 valence electrons. The lowest BCUT2D eigenvalue weighted by Gasteiger charge is -2.24. The topological polar surface area (TPSA) is 151 Å². The van der Waals surface area contributed by atoms with Crippen molar-refractivity contribution in [2.45, 2.75) is 57.2 Å². The highest BCUT2D eigenvalue weighted by Gasteiger charge is 2.29. The summed E-state index contributed by atoms with van der Waals surface area (Å²) in [4.78, 5) is 50.6. The van der Waals surface area contributed by atoms with E-state index in [1.165, 1.54) is 6.92 Å². The molecular formula is C30H35IN4O5. The van der Waals surface area contributed by atoms with Crippen LogP contribution in [0.15, 0.2) is 66.7 Å². The Labute approximate surface area is 247 Å². The summed E-state index contributed by atoms with van der Waals surface area (Å²) in [6.45, 7) is 1.74. The van der Waals surface area contributed by atoms with Crippen molar-refractivity contribution in [3.63, 3.8) is 0 Å². The minimum absolute atomic E-state index is 0.0801. The van der Waals surface area contributed by atoms with Crippen LogP contribution in [-0.2, 0) is 32.0 Å². The number of nitrogens with one attached hydrogen (secondary N) is 3. The first kappa shape index (κ1) is 31.0. The fraction of sp³-hybridized carbons (Fsp3) is 0.333. The molecule has 10 heteroatoms. The van der Waals surface area contributed by atoms with Crippen LogP contribution in [-0.4, -0.2) is 53.5 Å². The number of aliphatic carboxylic acids is 1. The monoisotopic (exact) mass is 658 g/mol. The zero-order chi connectivity index (χ0) is 29.1. The molecule has 0 aliphatic heterocycles. The number of amides is 3. The number of halogens is 1. The molecule has 6 N–H and O–H groups in total. The van der Waals surface area contributed by atoms with Crippen LogP contribution < -0.4 is 21.7 Å². The number of carboxylic acid groups (broad SMARTS) is 1. The van der Waals surface area contributed by atoms with Crippen LogP contribution in [0.2, 0.25) is 0 Å². The molecule has 0 saturated carbocycles. The molecule has 0 unspecified atom stereocenters. The summed E-state index contributed by atoms with van der Waals surface area (Å²) in [6, 6.07) is 17.9.